The predicted molar refractivity (Wildman–Crippen MR) is 134 cm³/mol. The van der Waals surface area contributed by atoms with Crippen molar-refractivity contribution < 1.29 is 16.8 Å². The van der Waals surface area contributed by atoms with Gasteiger partial charge in [-0.15, -0.1) is 0 Å². The fraction of sp³-hybridized carbons (Fsp3) is 0.455. The highest BCUT2D eigenvalue weighted by atomic mass is 79.9. The Kier molecular flexibility index (Phi) is 8.60. The van der Waals surface area contributed by atoms with Crippen LogP contribution in [0.4, 0.5) is 0 Å². The molecule has 0 aliphatic carbocycles. The first-order valence-electron chi connectivity index (χ1n) is 10.6. The lowest BCUT2D eigenvalue weighted by atomic mass is 9.97. The fourth-order valence-electron chi connectivity index (χ4n) is 3.85. The first-order valence-corrected chi connectivity index (χ1v) is 15.2. The summed E-state index contributed by atoms with van der Waals surface area (Å²) in [5, 5.41) is 0. The second kappa shape index (κ2) is 10.7. The summed E-state index contributed by atoms with van der Waals surface area (Å²) in [5.74, 6) is 0.773. The van der Waals surface area contributed by atoms with Crippen molar-refractivity contribution in [3.63, 3.8) is 0 Å². The molecule has 2 aromatic carbocycles. The first-order chi connectivity index (χ1) is 15.1. The van der Waals surface area contributed by atoms with Crippen LogP contribution in [0.15, 0.2) is 55.1 Å². The fourth-order valence-corrected chi connectivity index (χ4v) is 7.65. The maximum Gasteiger partial charge on any atom is 0.240 e. The molecule has 0 spiro atoms. The van der Waals surface area contributed by atoms with E-state index in [1.165, 1.54) is 0 Å². The quantitative estimate of drug-likeness (QED) is 0.521. The van der Waals surface area contributed by atoms with Crippen molar-refractivity contribution in [3.8, 4) is 0 Å². The summed E-state index contributed by atoms with van der Waals surface area (Å²) in [7, 11) is -6.65. The van der Waals surface area contributed by atoms with Crippen LogP contribution >= 0.6 is 31.9 Å². The Bertz CT molecular complexity index is 1090. The molecule has 10 heteroatoms. The van der Waals surface area contributed by atoms with Crippen molar-refractivity contribution in [2.75, 3.05) is 13.1 Å². The molecular formula is C22H28Br2N2O4S2. The van der Waals surface area contributed by atoms with Gasteiger partial charge in [0.15, 0.2) is 0 Å². The van der Waals surface area contributed by atoms with Gasteiger partial charge in [-0.25, -0.2) is 26.3 Å². The third-order valence-electron chi connectivity index (χ3n) is 5.93. The Hall–Kier alpha value is -0.780. The lowest BCUT2D eigenvalue weighted by Gasteiger charge is -2.10. The van der Waals surface area contributed by atoms with Crippen molar-refractivity contribution in [2.45, 2.75) is 49.3 Å². The van der Waals surface area contributed by atoms with Gasteiger partial charge in [-0.05, 0) is 60.1 Å². The van der Waals surface area contributed by atoms with Gasteiger partial charge in [-0.3, -0.25) is 0 Å². The van der Waals surface area contributed by atoms with E-state index in [4.69, 9.17) is 0 Å². The van der Waals surface area contributed by atoms with Gasteiger partial charge in [0.2, 0.25) is 20.0 Å². The Morgan fingerprint density at radius 2 is 1.12 bits per heavy atom. The SMILES string of the molecule is CC[C@@H]1CNS(=O)(=O)c2cc(Br)ccc2C1.CC[C@H]1CNS(=O)(=O)c2cc(Br)ccc2C1. The molecule has 176 valence electrons. The number of rotatable bonds is 2. The van der Waals surface area contributed by atoms with Crippen LogP contribution in [0.1, 0.15) is 37.8 Å². The van der Waals surface area contributed by atoms with E-state index in [-0.39, 0.29) is 0 Å². The van der Waals surface area contributed by atoms with Crippen LogP contribution in [-0.4, -0.2) is 29.9 Å². The summed E-state index contributed by atoms with van der Waals surface area (Å²) in [6, 6.07) is 10.9. The molecule has 0 bridgehead atoms. The molecule has 0 radical (unpaired) electrons. The second-order valence-corrected chi connectivity index (χ2v) is 13.5. The molecule has 0 fully saturated rings. The van der Waals surface area contributed by atoms with Gasteiger partial charge in [0, 0.05) is 22.0 Å². The molecule has 0 aromatic heterocycles. The van der Waals surface area contributed by atoms with Crippen LogP contribution < -0.4 is 9.44 Å². The molecule has 6 nitrogen and oxygen atoms in total. The number of halogens is 2. The Morgan fingerprint density at radius 1 is 0.750 bits per heavy atom. The minimum atomic E-state index is -3.32. The van der Waals surface area contributed by atoms with Crippen molar-refractivity contribution in [3.05, 3.63) is 56.5 Å². The van der Waals surface area contributed by atoms with Gasteiger partial charge in [0.25, 0.3) is 0 Å². The maximum atomic E-state index is 12.0. The Labute approximate surface area is 207 Å². The molecule has 0 saturated carbocycles. The van der Waals surface area contributed by atoms with E-state index >= 15 is 0 Å². The highest BCUT2D eigenvalue weighted by Crippen LogP contribution is 2.28. The van der Waals surface area contributed by atoms with Gasteiger partial charge in [0.1, 0.15) is 0 Å². The monoisotopic (exact) mass is 606 g/mol. The molecule has 4 rings (SSSR count). The van der Waals surface area contributed by atoms with Gasteiger partial charge >= 0.3 is 0 Å². The number of benzene rings is 2. The smallest absolute Gasteiger partial charge is 0.211 e. The molecule has 32 heavy (non-hydrogen) atoms. The van der Waals surface area contributed by atoms with Gasteiger partial charge in [0.05, 0.1) is 9.79 Å². The summed E-state index contributed by atoms with van der Waals surface area (Å²) in [4.78, 5) is 0.829. The molecule has 2 aliphatic rings. The van der Waals surface area contributed by atoms with Crippen LogP contribution in [0, 0.1) is 11.8 Å². The molecule has 0 unspecified atom stereocenters. The first kappa shape index (κ1) is 25.8. The normalized spacial score (nSPS) is 23.5. The lowest BCUT2D eigenvalue weighted by Crippen LogP contribution is -2.26. The number of hydrogen-bond donors (Lipinski definition) is 2. The lowest BCUT2D eigenvalue weighted by molar-refractivity contribution is 0.499. The molecule has 0 amide bonds. The van der Waals surface area contributed by atoms with Crippen LogP contribution in [0.25, 0.3) is 0 Å². The maximum absolute atomic E-state index is 12.0. The molecule has 2 aliphatic heterocycles. The van der Waals surface area contributed by atoms with E-state index < -0.39 is 20.0 Å². The summed E-state index contributed by atoms with van der Waals surface area (Å²) in [6.45, 7) is 5.24. The Balaban J connectivity index is 0.000000181. The molecule has 2 N–H and O–H groups in total. The topological polar surface area (TPSA) is 92.3 Å². The Morgan fingerprint density at radius 3 is 1.47 bits per heavy atom. The van der Waals surface area contributed by atoms with Gasteiger partial charge < -0.3 is 0 Å². The molecule has 2 heterocycles. The molecular weight excluding hydrogens is 580 g/mol. The number of sulfonamides is 2. The minimum absolute atomic E-state index is 0.386. The third-order valence-corrected chi connectivity index (χ3v) is 9.93. The molecule has 2 atom stereocenters. The summed E-state index contributed by atoms with van der Waals surface area (Å²) in [5.41, 5.74) is 1.83. The molecule has 0 saturated heterocycles. The average molecular weight is 608 g/mol. The van der Waals surface area contributed by atoms with Crippen LogP contribution in [0.5, 0.6) is 0 Å². The predicted octanol–water partition coefficient (Wildman–Crippen LogP) is 4.62. The van der Waals surface area contributed by atoms with E-state index in [1.807, 2.05) is 24.3 Å². The number of nitrogens with one attached hydrogen (secondary N) is 2. The zero-order chi connectivity index (χ0) is 23.5. The minimum Gasteiger partial charge on any atom is -0.211 e. The number of fused-ring (bicyclic) bond motifs is 2. The highest BCUT2D eigenvalue weighted by Gasteiger charge is 2.26. The van der Waals surface area contributed by atoms with Crippen molar-refractivity contribution in [1.82, 2.24) is 9.44 Å². The van der Waals surface area contributed by atoms with Crippen molar-refractivity contribution >= 4 is 51.9 Å². The van der Waals surface area contributed by atoms with E-state index in [1.54, 1.807) is 12.1 Å². The van der Waals surface area contributed by atoms with Crippen LogP contribution in [-0.2, 0) is 32.9 Å². The van der Waals surface area contributed by atoms with E-state index in [2.05, 4.69) is 55.2 Å². The standard InChI is InChI=1S/2C11H14BrNO2S/c2*1-2-8-5-9-3-4-10(12)6-11(9)16(14,15)13-7-8/h2*3-4,6,8,13H,2,5,7H2,1H3/t2*8-/m10/s1. The highest BCUT2D eigenvalue weighted by molar-refractivity contribution is 9.10. The molecule has 2 aromatic rings. The summed E-state index contributed by atoms with van der Waals surface area (Å²) < 4.78 is 54.8. The van der Waals surface area contributed by atoms with Crippen molar-refractivity contribution in [1.29, 1.82) is 0 Å². The van der Waals surface area contributed by atoms with Crippen molar-refractivity contribution in [2.24, 2.45) is 11.8 Å². The second-order valence-electron chi connectivity index (χ2n) is 8.16. The van der Waals surface area contributed by atoms with Gasteiger partial charge in [-0.1, -0.05) is 70.7 Å². The third kappa shape index (κ3) is 6.21. The average Bonchev–Trinajstić information content (AvgIpc) is 2.96. The summed E-state index contributed by atoms with van der Waals surface area (Å²) in [6.07, 6.45) is 3.62. The van der Waals surface area contributed by atoms with Gasteiger partial charge in [-0.2, -0.15) is 0 Å². The zero-order valence-corrected chi connectivity index (χ0v) is 22.9. The summed E-state index contributed by atoms with van der Waals surface area (Å²) >= 11 is 6.62. The van der Waals surface area contributed by atoms with E-state index in [9.17, 15) is 16.8 Å². The zero-order valence-electron chi connectivity index (χ0n) is 18.1. The largest absolute Gasteiger partial charge is 0.240 e. The van der Waals surface area contributed by atoms with Crippen LogP contribution in [0.3, 0.4) is 0 Å². The van der Waals surface area contributed by atoms with E-state index in [0.717, 1.165) is 45.8 Å². The number of hydrogen-bond acceptors (Lipinski definition) is 4. The van der Waals surface area contributed by atoms with Crippen LogP contribution in [0.2, 0.25) is 0 Å². The van der Waals surface area contributed by atoms with E-state index in [0.29, 0.717) is 34.7 Å².